The predicted octanol–water partition coefficient (Wildman–Crippen LogP) is 7.84. The molecule has 0 aromatic rings. The lowest BCUT2D eigenvalue weighted by atomic mass is 10.0. The first-order chi connectivity index (χ1) is 27.4. The van der Waals surface area contributed by atoms with Gasteiger partial charge in [-0.25, -0.2) is 0 Å². The van der Waals surface area contributed by atoms with Gasteiger partial charge in [-0.05, 0) is 6.42 Å². The second-order valence-electron chi connectivity index (χ2n) is 13.3. The molecule has 0 N–H and O–H groups in total. The van der Waals surface area contributed by atoms with E-state index in [1.165, 1.54) is 96.3 Å². The minimum absolute atomic E-state index is 0.520. The highest BCUT2D eigenvalue weighted by atomic mass is 79.9. The zero-order chi connectivity index (χ0) is 39.5. The van der Waals surface area contributed by atoms with E-state index in [-0.39, 0.29) is 0 Å². The monoisotopic (exact) mass is 861 g/mol. The fourth-order valence-corrected chi connectivity index (χ4v) is 5.56. The second-order valence-corrected chi connectivity index (χ2v) is 14.1. The van der Waals surface area contributed by atoms with E-state index in [0.717, 1.165) is 18.4 Å². The molecule has 0 atom stereocenters. The van der Waals surface area contributed by atoms with Gasteiger partial charge in [-0.2, -0.15) is 0 Å². The van der Waals surface area contributed by atoms with E-state index >= 15 is 0 Å². The van der Waals surface area contributed by atoms with Crippen LogP contribution in [0.2, 0.25) is 0 Å². The van der Waals surface area contributed by atoms with Crippen molar-refractivity contribution in [3.8, 4) is 0 Å². The van der Waals surface area contributed by atoms with Crippen molar-refractivity contribution >= 4 is 15.9 Å². The maximum atomic E-state index is 5.70. The average Bonchev–Trinajstić information content (AvgIpc) is 3.20. The zero-order valence-corrected chi connectivity index (χ0v) is 36.9. The Morgan fingerprint density at radius 1 is 0.200 bits per heavy atom. The van der Waals surface area contributed by atoms with Gasteiger partial charge in [-0.15, -0.1) is 0 Å². The van der Waals surface area contributed by atoms with Crippen LogP contribution in [0.15, 0.2) is 0 Å². The molecule has 0 bridgehead atoms. The van der Waals surface area contributed by atoms with Crippen LogP contribution in [0.5, 0.6) is 0 Å². The normalized spacial score (nSPS) is 11.7. The van der Waals surface area contributed by atoms with Crippen LogP contribution in [0, 0.1) is 0 Å². The predicted molar refractivity (Wildman–Crippen MR) is 223 cm³/mol. The van der Waals surface area contributed by atoms with Gasteiger partial charge in [-0.1, -0.05) is 119 Å². The smallest absolute Gasteiger partial charge is 0.0701 e. The maximum absolute atomic E-state index is 5.70. The van der Waals surface area contributed by atoms with Crippen LogP contribution in [0.3, 0.4) is 0 Å². The lowest BCUT2D eigenvalue weighted by Crippen LogP contribution is -2.15. The van der Waals surface area contributed by atoms with Crippen molar-refractivity contribution in [2.24, 2.45) is 0 Å². The summed E-state index contributed by atoms with van der Waals surface area (Å²) in [7, 11) is 0. The Bertz CT molecular complexity index is 604. The molecule has 0 aromatic carbocycles. The molecule has 0 fully saturated rings. The van der Waals surface area contributed by atoms with E-state index in [4.69, 9.17) is 56.8 Å². The third kappa shape index (κ3) is 54.0. The molecule has 0 rings (SSSR count). The highest BCUT2D eigenvalue weighted by Crippen LogP contribution is 2.13. The van der Waals surface area contributed by atoms with Gasteiger partial charge in [0.15, 0.2) is 0 Å². The van der Waals surface area contributed by atoms with Gasteiger partial charge in [0.2, 0.25) is 0 Å². The summed E-state index contributed by atoms with van der Waals surface area (Å²) < 4.78 is 66.0. The van der Waals surface area contributed by atoms with Crippen LogP contribution >= 0.6 is 15.9 Å². The summed E-state index contributed by atoms with van der Waals surface area (Å²) in [6, 6.07) is 0. The van der Waals surface area contributed by atoms with Gasteiger partial charge in [0.05, 0.1) is 152 Å². The number of halogens is 1. The summed E-state index contributed by atoms with van der Waals surface area (Å²) in [4.78, 5) is 0. The Kier molecular flexibility index (Phi) is 54.0. The first-order valence-corrected chi connectivity index (χ1v) is 23.0. The number of alkyl halides is 1. The van der Waals surface area contributed by atoms with Crippen molar-refractivity contribution in [3.63, 3.8) is 0 Å². The molecule has 0 saturated carbocycles. The van der Waals surface area contributed by atoms with Gasteiger partial charge in [0.1, 0.15) is 0 Å². The van der Waals surface area contributed by atoms with Crippen molar-refractivity contribution in [2.45, 2.75) is 110 Å². The van der Waals surface area contributed by atoms with Gasteiger partial charge in [0, 0.05) is 11.9 Å². The molecule has 332 valence electrons. The standard InChI is InChI=1S/C42H85BrO12/c1-2-3-4-5-6-7-8-9-10-11-12-13-14-15-16-17-19-44-21-23-46-25-27-48-29-31-50-33-35-52-37-39-54-41-42-55-40-38-53-36-34-51-32-30-49-28-26-47-24-22-45-20-18-43/h2-42H2,1H3. The molecule has 0 aliphatic carbocycles. The van der Waals surface area contributed by atoms with Crippen LogP contribution in [-0.4, -0.2) is 164 Å². The van der Waals surface area contributed by atoms with E-state index in [9.17, 15) is 0 Å². The first kappa shape index (κ1) is 55.0. The van der Waals surface area contributed by atoms with Crippen LogP contribution in [0.4, 0.5) is 0 Å². The summed E-state index contributed by atoms with van der Waals surface area (Å²) in [5.41, 5.74) is 0. The van der Waals surface area contributed by atoms with Crippen molar-refractivity contribution in [3.05, 3.63) is 0 Å². The fourth-order valence-electron chi connectivity index (χ4n) is 5.33. The number of hydrogen-bond donors (Lipinski definition) is 0. The molecule has 0 spiro atoms. The molecule has 13 heteroatoms. The minimum atomic E-state index is 0.520. The summed E-state index contributed by atoms with van der Waals surface area (Å²) in [5, 5.41) is 0.840. The lowest BCUT2D eigenvalue weighted by molar-refractivity contribution is -0.0282. The second kappa shape index (κ2) is 54.0. The van der Waals surface area contributed by atoms with E-state index < -0.39 is 0 Å². The van der Waals surface area contributed by atoms with Crippen LogP contribution in [0.1, 0.15) is 110 Å². The highest BCUT2D eigenvalue weighted by Gasteiger charge is 1.98. The van der Waals surface area contributed by atoms with Crippen molar-refractivity contribution in [1.29, 1.82) is 0 Å². The average molecular weight is 862 g/mol. The van der Waals surface area contributed by atoms with Crippen molar-refractivity contribution < 1.29 is 56.8 Å². The zero-order valence-electron chi connectivity index (χ0n) is 35.3. The summed E-state index contributed by atoms with van der Waals surface area (Å²) in [6.45, 7) is 15.9. The van der Waals surface area contributed by atoms with Crippen LogP contribution in [0.25, 0.3) is 0 Å². The molecule has 55 heavy (non-hydrogen) atoms. The molecule has 0 aliphatic heterocycles. The van der Waals surface area contributed by atoms with Gasteiger partial charge in [-0.3, -0.25) is 0 Å². The Morgan fingerprint density at radius 3 is 0.564 bits per heavy atom. The Morgan fingerprint density at radius 2 is 0.364 bits per heavy atom. The topological polar surface area (TPSA) is 111 Å². The minimum Gasteiger partial charge on any atom is -0.379 e. The molecule has 0 unspecified atom stereocenters. The van der Waals surface area contributed by atoms with Gasteiger partial charge >= 0.3 is 0 Å². The molecular formula is C42H85BrO12. The summed E-state index contributed by atoms with van der Waals surface area (Å²) in [5.74, 6) is 0. The van der Waals surface area contributed by atoms with E-state index in [2.05, 4.69) is 22.9 Å². The molecular weight excluding hydrogens is 776 g/mol. The Labute approximate surface area is 345 Å². The number of rotatable bonds is 52. The summed E-state index contributed by atoms with van der Waals surface area (Å²) in [6.07, 6.45) is 22.2. The molecule has 0 saturated heterocycles. The molecule has 12 nitrogen and oxygen atoms in total. The van der Waals surface area contributed by atoms with E-state index in [0.29, 0.717) is 152 Å². The largest absolute Gasteiger partial charge is 0.379 e. The van der Waals surface area contributed by atoms with Crippen LogP contribution < -0.4 is 0 Å². The van der Waals surface area contributed by atoms with Gasteiger partial charge in [0.25, 0.3) is 0 Å². The van der Waals surface area contributed by atoms with Crippen molar-refractivity contribution in [1.82, 2.24) is 0 Å². The Balaban J connectivity index is 3.05. The molecule has 0 radical (unpaired) electrons. The SMILES string of the molecule is CCCCCCCCCCCCCCCCCCOCCOCCOCCOCCOCCOCCOCCOCCOCCOCCOCCOCCBr. The molecule has 0 aliphatic rings. The van der Waals surface area contributed by atoms with E-state index in [1.807, 2.05) is 0 Å². The van der Waals surface area contributed by atoms with Crippen LogP contribution in [-0.2, 0) is 56.8 Å². The highest BCUT2D eigenvalue weighted by molar-refractivity contribution is 9.09. The number of unbranched alkanes of at least 4 members (excludes halogenated alkanes) is 15. The maximum Gasteiger partial charge on any atom is 0.0701 e. The van der Waals surface area contributed by atoms with E-state index in [1.54, 1.807) is 0 Å². The molecule has 0 heterocycles. The van der Waals surface area contributed by atoms with Gasteiger partial charge < -0.3 is 56.8 Å². The molecule has 0 aromatic heterocycles. The number of hydrogen-bond acceptors (Lipinski definition) is 12. The fraction of sp³-hybridized carbons (Fsp3) is 1.00. The molecule has 0 amide bonds. The van der Waals surface area contributed by atoms with Crippen molar-refractivity contribution in [2.75, 3.05) is 164 Å². The Hall–Kier alpha value is 0.0000000000000000555. The summed E-state index contributed by atoms with van der Waals surface area (Å²) >= 11 is 3.31. The lowest BCUT2D eigenvalue weighted by Gasteiger charge is -2.09. The first-order valence-electron chi connectivity index (χ1n) is 21.9. The third-order valence-electron chi connectivity index (χ3n) is 8.46. The number of ether oxygens (including phenoxy) is 12. The quantitative estimate of drug-likeness (QED) is 0.0439. The third-order valence-corrected chi connectivity index (χ3v) is 8.78.